The van der Waals surface area contributed by atoms with E-state index in [0.717, 1.165) is 78.2 Å². The molecular weight excluding hydrogens is 650 g/mol. The van der Waals surface area contributed by atoms with Crippen molar-refractivity contribution in [1.82, 2.24) is 20.3 Å². The van der Waals surface area contributed by atoms with Crippen LogP contribution < -0.4 is 20.9 Å². The lowest BCUT2D eigenvalue weighted by Gasteiger charge is -2.34. The Morgan fingerprint density at radius 2 is 1.85 bits per heavy atom. The summed E-state index contributed by atoms with van der Waals surface area (Å²) in [5.74, 6) is 2.94. The Morgan fingerprint density at radius 3 is 2.59 bits per heavy atom. The van der Waals surface area contributed by atoms with Crippen LogP contribution in [0.5, 0.6) is 0 Å². The van der Waals surface area contributed by atoms with Gasteiger partial charge in [-0.3, -0.25) is 0 Å². The molecule has 12 heteroatoms. The van der Waals surface area contributed by atoms with Crippen molar-refractivity contribution in [2.75, 3.05) is 41.7 Å². The molecule has 0 unspecified atom stereocenters. The lowest BCUT2D eigenvalue weighted by molar-refractivity contribution is -0.156. The molecule has 1 amide bonds. The highest BCUT2D eigenvalue weighted by molar-refractivity contribution is 9.10. The standard InChI is InChI=1S/C34H44BrN7O4/c1-21-29(37-19-28(32(43)46-34(3,4)5)41-33(44)45-20-25-9-6-7-11-26(25)35)38-22(2)39-31(21)42-17-14-23(15-18-42)27-13-12-24-10-8-16-36-30(24)40-27/h6-7,9,11-13,23,28H,8,10,14-20H2,1-5H3,(H,36,40)(H,41,44)(H,37,38,39)/t28-/m0/s1. The van der Waals surface area contributed by atoms with Crippen molar-refractivity contribution in [2.45, 2.75) is 84.5 Å². The topological polar surface area (TPSA) is 131 Å². The summed E-state index contributed by atoms with van der Waals surface area (Å²) in [6.07, 6.45) is 3.46. The number of nitrogens with one attached hydrogen (secondary N) is 3. The molecule has 3 N–H and O–H groups in total. The Bertz CT molecular complexity index is 1550. The number of benzene rings is 1. The highest BCUT2D eigenvalue weighted by Gasteiger charge is 2.29. The number of aryl methyl sites for hydroxylation is 2. The Balaban J connectivity index is 1.24. The summed E-state index contributed by atoms with van der Waals surface area (Å²) in [5, 5.41) is 9.40. The molecule has 0 spiro atoms. The van der Waals surface area contributed by atoms with Crippen molar-refractivity contribution in [3.63, 3.8) is 0 Å². The van der Waals surface area contributed by atoms with Gasteiger partial charge in [-0.05, 0) is 78.0 Å². The first-order valence-electron chi connectivity index (χ1n) is 15.9. The van der Waals surface area contributed by atoms with Crippen LogP contribution in [0.3, 0.4) is 0 Å². The molecule has 246 valence electrons. The van der Waals surface area contributed by atoms with Gasteiger partial charge in [0.1, 0.15) is 41.5 Å². The van der Waals surface area contributed by atoms with Gasteiger partial charge in [-0.1, -0.05) is 40.2 Å². The van der Waals surface area contributed by atoms with E-state index in [1.54, 1.807) is 20.8 Å². The zero-order valence-corrected chi connectivity index (χ0v) is 28.9. The number of rotatable bonds is 9. The number of carbonyl (C=O) groups excluding carboxylic acids is 2. The van der Waals surface area contributed by atoms with E-state index in [1.165, 1.54) is 5.56 Å². The van der Waals surface area contributed by atoms with Crippen molar-refractivity contribution in [2.24, 2.45) is 0 Å². The van der Waals surface area contributed by atoms with Crippen LogP contribution in [0, 0.1) is 13.8 Å². The normalized spacial score (nSPS) is 15.7. The second-order valence-corrected chi connectivity index (χ2v) is 13.7. The summed E-state index contributed by atoms with van der Waals surface area (Å²) in [6, 6.07) is 10.9. The number of piperidine rings is 1. The van der Waals surface area contributed by atoms with Gasteiger partial charge in [0.25, 0.3) is 0 Å². The van der Waals surface area contributed by atoms with Crippen molar-refractivity contribution in [3.8, 4) is 0 Å². The number of fused-ring (bicyclic) bond motifs is 1. The van der Waals surface area contributed by atoms with Gasteiger partial charge in [0.05, 0.1) is 0 Å². The van der Waals surface area contributed by atoms with Crippen LogP contribution in [0.15, 0.2) is 40.9 Å². The maximum absolute atomic E-state index is 13.1. The summed E-state index contributed by atoms with van der Waals surface area (Å²) in [6.45, 7) is 12.0. The first-order valence-corrected chi connectivity index (χ1v) is 16.7. The first kappa shape index (κ1) is 33.4. The van der Waals surface area contributed by atoms with Gasteiger partial charge in [-0.25, -0.2) is 24.5 Å². The SMILES string of the molecule is Cc1nc(NC[C@H](NC(=O)OCc2ccccc2Br)C(=O)OC(C)(C)C)c(C)c(N2CCC(c3ccc4c(n3)NCCC4)CC2)n1. The molecule has 3 aromatic rings. The van der Waals surface area contributed by atoms with Crippen molar-refractivity contribution < 1.29 is 19.1 Å². The number of nitrogens with zero attached hydrogens (tertiary/aromatic N) is 4. The average Bonchev–Trinajstić information content (AvgIpc) is 3.03. The molecule has 46 heavy (non-hydrogen) atoms. The van der Waals surface area contributed by atoms with E-state index in [4.69, 9.17) is 19.4 Å². The number of ether oxygens (including phenoxy) is 2. The molecule has 2 aromatic heterocycles. The van der Waals surface area contributed by atoms with Gasteiger partial charge in [0.15, 0.2) is 0 Å². The Morgan fingerprint density at radius 1 is 1.09 bits per heavy atom. The number of anilines is 3. The molecule has 2 aliphatic heterocycles. The highest BCUT2D eigenvalue weighted by Crippen LogP contribution is 2.33. The van der Waals surface area contributed by atoms with Gasteiger partial charge in [0.2, 0.25) is 0 Å². The number of alkyl carbamates (subject to hydrolysis) is 1. The molecule has 1 atom stereocenters. The second kappa shape index (κ2) is 14.7. The molecule has 0 bridgehead atoms. The third-order valence-electron chi connectivity index (χ3n) is 8.13. The van der Waals surface area contributed by atoms with Crippen LogP contribution in [0.4, 0.5) is 22.2 Å². The van der Waals surface area contributed by atoms with Gasteiger partial charge < -0.3 is 30.3 Å². The zero-order chi connectivity index (χ0) is 32.8. The third-order valence-corrected chi connectivity index (χ3v) is 8.91. The number of hydrogen-bond acceptors (Lipinski definition) is 10. The fraction of sp³-hybridized carbons (Fsp3) is 0.500. The lowest BCUT2D eigenvalue weighted by Crippen LogP contribution is -2.48. The average molecular weight is 695 g/mol. The molecule has 1 fully saturated rings. The van der Waals surface area contributed by atoms with E-state index in [0.29, 0.717) is 17.6 Å². The maximum atomic E-state index is 13.1. The smallest absolute Gasteiger partial charge is 0.408 e. The van der Waals surface area contributed by atoms with Crippen molar-refractivity contribution in [1.29, 1.82) is 0 Å². The van der Waals surface area contributed by atoms with Crippen LogP contribution in [0.25, 0.3) is 0 Å². The van der Waals surface area contributed by atoms with E-state index >= 15 is 0 Å². The minimum absolute atomic E-state index is 0.0470. The largest absolute Gasteiger partial charge is 0.458 e. The van der Waals surface area contributed by atoms with Crippen LogP contribution in [-0.4, -0.2) is 64.8 Å². The van der Waals surface area contributed by atoms with Gasteiger partial charge >= 0.3 is 12.1 Å². The predicted molar refractivity (Wildman–Crippen MR) is 182 cm³/mol. The summed E-state index contributed by atoms with van der Waals surface area (Å²) >= 11 is 3.46. The maximum Gasteiger partial charge on any atom is 0.408 e. The number of pyridine rings is 1. The summed E-state index contributed by atoms with van der Waals surface area (Å²) in [4.78, 5) is 42.6. The quantitative estimate of drug-likeness (QED) is 0.228. The minimum atomic E-state index is -1.02. The number of carbonyl (C=O) groups is 2. The second-order valence-electron chi connectivity index (χ2n) is 12.9. The molecule has 1 aromatic carbocycles. The van der Waals surface area contributed by atoms with Gasteiger partial charge in [-0.2, -0.15) is 0 Å². The molecule has 11 nitrogen and oxygen atoms in total. The van der Waals surface area contributed by atoms with Gasteiger partial charge in [0, 0.05) is 53.4 Å². The highest BCUT2D eigenvalue weighted by atomic mass is 79.9. The summed E-state index contributed by atoms with van der Waals surface area (Å²) in [5.41, 5.74) is 3.41. The van der Waals surface area contributed by atoms with Crippen molar-refractivity contribution >= 4 is 45.4 Å². The number of amides is 1. The van der Waals surface area contributed by atoms with E-state index in [1.807, 2.05) is 38.1 Å². The molecule has 2 aliphatic rings. The number of aromatic nitrogens is 3. The number of hydrogen-bond donors (Lipinski definition) is 3. The fourth-order valence-corrected chi connectivity index (χ4v) is 6.16. The first-order chi connectivity index (χ1) is 22.0. The van der Waals surface area contributed by atoms with E-state index in [2.05, 4.69) is 53.9 Å². The van der Waals surface area contributed by atoms with Crippen molar-refractivity contribution in [3.05, 3.63) is 69.1 Å². The summed E-state index contributed by atoms with van der Waals surface area (Å²) < 4.78 is 11.9. The van der Waals surface area contributed by atoms with E-state index in [-0.39, 0.29) is 13.2 Å². The minimum Gasteiger partial charge on any atom is -0.458 e. The molecule has 0 aliphatic carbocycles. The monoisotopic (exact) mass is 693 g/mol. The molecule has 4 heterocycles. The molecule has 1 saturated heterocycles. The molecule has 0 radical (unpaired) electrons. The third kappa shape index (κ3) is 8.65. The molecule has 5 rings (SSSR count). The Kier molecular flexibility index (Phi) is 10.7. The van der Waals surface area contributed by atoms with E-state index in [9.17, 15) is 9.59 Å². The number of esters is 1. The van der Waals surface area contributed by atoms with Crippen LogP contribution in [0.1, 0.15) is 74.2 Å². The van der Waals surface area contributed by atoms with Gasteiger partial charge in [-0.15, -0.1) is 0 Å². The van der Waals surface area contributed by atoms with Crippen LogP contribution >= 0.6 is 15.9 Å². The Labute approximate surface area is 279 Å². The van der Waals surface area contributed by atoms with Crippen LogP contribution in [-0.2, 0) is 27.3 Å². The van der Waals surface area contributed by atoms with Crippen LogP contribution in [0.2, 0.25) is 0 Å². The number of halogens is 1. The predicted octanol–water partition coefficient (Wildman–Crippen LogP) is 6.04. The molecule has 0 saturated carbocycles. The fourth-order valence-electron chi connectivity index (χ4n) is 5.76. The zero-order valence-electron chi connectivity index (χ0n) is 27.3. The lowest BCUT2D eigenvalue weighted by atomic mass is 9.92. The summed E-state index contributed by atoms with van der Waals surface area (Å²) in [7, 11) is 0. The molecular formula is C34H44BrN7O4. The Hall–Kier alpha value is -3.93. The van der Waals surface area contributed by atoms with E-state index < -0.39 is 23.7 Å².